The number of methoxy groups -OCH3 is 2. The van der Waals surface area contributed by atoms with Crippen molar-refractivity contribution in [2.75, 3.05) is 14.2 Å². The third-order valence-corrected chi connectivity index (χ3v) is 7.26. The molecule has 20 heteroatoms. The fourth-order valence-corrected chi connectivity index (χ4v) is 5.03. The number of tetrazole rings is 1. The molecule has 4 aromatic rings. The molecule has 0 bridgehead atoms. The number of nitrogens with zero attached hydrogens (tertiary/aromatic N) is 6. The maximum absolute atomic E-state index is 12.1. The number of aromatic nitrogens is 4. The molecule has 0 saturated heterocycles. The minimum atomic E-state index is -5.19. The van der Waals surface area contributed by atoms with Gasteiger partial charge in [-0.2, -0.15) is 16.8 Å². The summed E-state index contributed by atoms with van der Waals surface area (Å²) < 4.78 is 78.1. The zero-order chi connectivity index (χ0) is 30.3. The van der Waals surface area contributed by atoms with Crippen LogP contribution in [-0.4, -0.2) is 65.0 Å². The van der Waals surface area contributed by atoms with E-state index in [1.807, 2.05) is 0 Å². The Morgan fingerprint density at radius 2 is 1.34 bits per heavy atom. The van der Waals surface area contributed by atoms with Gasteiger partial charge in [-0.15, -0.1) is 0 Å². The van der Waals surface area contributed by atoms with Gasteiger partial charge in [0.05, 0.1) is 46.9 Å². The average molecular weight is 610 g/mol. The lowest BCUT2D eigenvalue weighted by atomic mass is 10.2. The van der Waals surface area contributed by atoms with Crippen molar-refractivity contribution in [3.63, 3.8) is 0 Å². The Labute approximate surface area is 229 Å². The average Bonchev–Trinajstić information content (AvgIpc) is 3.36. The zero-order valence-electron chi connectivity index (χ0n) is 20.7. The smallest absolute Gasteiger partial charge is 0.340 e. The molecule has 1 aromatic heterocycles. The number of benzene rings is 3. The fraction of sp³-hybridized carbons (Fsp3) is 0.0952. The van der Waals surface area contributed by atoms with Gasteiger partial charge >= 0.3 is 26.1 Å². The first-order valence-electron chi connectivity index (χ1n) is 10.8. The lowest BCUT2D eigenvalue weighted by molar-refractivity contribution is -0.735. The fourth-order valence-electron chi connectivity index (χ4n) is 3.71. The second-order valence-electron chi connectivity index (χ2n) is 7.92. The Kier molecular flexibility index (Phi) is 7.41. The lowest BCUT2D eigenvalue weighted by Gasteiger charge is -2.10. The molecule has 0 aliphatic carbocycles. The quantitative estimate of drug-likeness (QED) is 0.118. The molecule has 0 atom stereocenters. The first-order valence-corrected chi connectivity index (χ1v) is 13.7. The molecule has 0 saturated carbocycles. The van der Waals surface area contributed by atoms with Gasteiger partial charge in [-0.3, -0.25) is 29.3 Å². The van der Waals surface area contributed by atoms with Crippen LogP contribution < -0.4 is 14.3 Å². The molecule has 214 valence electrons. The number of hydrogen-bond donors (Lipinski definition) is 2. The summed E-state index contributed by atoms with van der Waals surface area (Å²) in [7, 11) is -8.19. The number of ether oxygens (including phenoxy) is 2. The second-order valence-corrected chi connectivity index (χ2v) is 10.7. The molecular weight excluding hydrogens is 592 g/mol. The van der Waals surface area contributed by atoms with Crippen molar-refractivity contribution in [1.29, 1.82) is 0 Å². The van der Waals surface area contributed by atoms with Crippen molar-refractivity contribution in [2.24, 2.45) is 0 Å². The first kappa shape index (κ1) is 28.9. The Morgan fingerprint density at radius 1 is 0.829 bits per heavy atom. The minimum absolute atomic E-state index is 0.0757. The number of nitro groups is 2. The number of rotatable bonds is 9. The molecule has 0 spiro atoms. The Balaban J connectivity index is 2.18. The van der Waals surface area contributed by atoms with Crippen LogP contribution in [0.4, 0.5) is 11.4 Å². The van der Waals surface area contributed by atoms with Crippen LogP contribution in [0.15, 0.2) is 64.4 Å². The summed E-state index contributed by atoms with van der Waals surface area (Å²) in [5.74, 6) is -0.773. The molecule has 0 radical (unpaired) electrons. The third-order valence-electron chi connectivity index (χ3n) is 5.49. The normalized spacial score (nSPS) is 11.7. The highest BCUT2D eigenvalue weighted by Gasteiger charge is 2.36. The number of nitro benzene ring substituents is 2. The molecule has 0 fully saturated rings. The largest absolute Gasteiger partial charge is 0.494 e. The molecule has 3 aromatic carbocycles. The molecule has 1 heterocycles. The highest BCUT2D eigenvalue weighted by molar-refractivity contribution is 7.86. The van der Waals surface area contributed by atoms with Crippen LogP contribution in [0.3, 0.4) is 0 Å². The summed E-state index contributed by atoms with van der Waals surface area (Å²) in [6.45, 7) is 0. The van der Waals surface area contributed by atoms with E-state index >= 15 is 0 Å². The molecular formula is C21H17N6O12S2+. The Bertz CT molecular complexity index is 1810. The molecule has 4 rings (SSSR count). The molecule has 41 heavy (non-hydrogen) atoms. The maximum Gasteiger partial charge on any atom is 0.340 e. The van der Waals surface area contributed by atoms with Crippen LogP contribution in [0.25, 0.3) is 22.8 Å². The van der Waals surface area contributed by atoms with E-state index in [1.54, 1.807) is 30.3 Å². The van der Waals surface area contributed by atoms with Gasteiger partial charge in [-0.05, 0) is 22.0 Å². The van der Waals surface area contributed by atoms with Crippen molar-refractivity contribution in [2.45, 2.75) is 9.79 Å². The predicted molar refractivity (Wildman–Crippen MR) is 134 cm³/mol. The van der Waals surface area contributed by atoms with Crippen LogP contribution in [0.5, 0.6) is 11.5 Å². The Hall–Kier alpha value is -5.05. The van der Waals surface area contributed by atoms with Gasteiger partial charge in [0.15, 0.2) is 27.0 Å². The van der Waals surface area contributed by atoms with Gasteiger partial charge in [0.25, 0.3) is 11.4 Å². The van der Waals surface area contributed by atoms with Gasteiger partial charge in [0.1, 0.15) is 0 Å². The first-order chi connectivity index (χ1) is 19.2. The highest BCUT2D eigenvalue weighted by atomic mass is 32.2. The van der Waals surface area contributed by atoms with Crippen LogP contribution >= 0.6 is 0 Å². The van der Waals surface area contributed by atoms with Crippen molar-refractivity contribution in [3.8, 4) is 34.3 Å². The summed E-state index contributed by atoms with van der Waals surface area (Å²) >= 11 is 0. The van der Waals surface area contributed by atoms with Crippen LogP contribution in [0.2, 0.25) is 0 Å². The van der Waals surface area contributed by atoms with E-state index in [0.717, 1.165) is 23.8 Å². The summed E-state index contributed by atoms with van der Waals surface area (Å²) in [6.07, 6.45) is 0. The maximum atomic E-state index is 12.1. The zero-order valence-corrected chi connectivity index (χ0v) is 22.3. The molecule has 0 unspecified atom stereocenters. The van der Waals surface area contributed by atoms with Crippen molar-refractivity contribution < 1.29 is 50.1 Å². The SMILES string of the molecule is COc1cc([N+](=O)[O-])c(S(=O)(=O)O)cc1-n1nc(-c2ccccc2)n[n+]1-c1cc(S(=O)(=O)O)c([N+](=O)[O-])cc1OC. The molecule has 0 aliphatic heterocycles. The van der Waals surface area contributed by atoms with Crippen molar-refractivity contribution in [3.05, 3.63) is 74.8 Å². The molecule has 2 N–H and O–H groups in total. The van der Waals surface area contributed by atoms with Crippen LogP contribution in [0, 0.1) is 20.2 Å². The van der Waals surface area contributed by atoms with E-state index in [4.69, 9.17) is 9.47 Å². The number of hydrogen-bond acceptors (Lipinski definition) is 12. The van der Waals surface area contributed by atoms with Crippen molar-refractivity contribution >= 4 is 31.6 Å². The van der Waals surface area contributed by atoms with Crippen LogP contribution in [0.1, 0.15) is 0 Å². The Morgan fingerprint density at radius 3 is 1.83 bits per heavy atom. The topological polar surface area (TPSA) is 248 Å². The highest BCUT2D eigenvalue weighted by Crippen LogP contribution is 2.35. The van der Waals surface area contributed by atoms with Crippen LogP contribution in [-0.2, 0) is 20.2 Å². The van der Waals surface area contributed by atoms with E-state index in [-0.39, 0.29) is 28.7 Å². The summed E-state index contributed by atoms with van der Waals surface area (Å²) in [4.78, 5) is 20.3. The van der Waals surface area contributed by atoms with Gasteiger partial charge in [0, 0.05) is 16.9 Å². The van der Waals surface area contributed by atoms with E-state index < -0.39 is 51.2 Å². The van der Waals surface area contributed by atoms with E-state index in [0.29, 0.717) is 29.8 Å². The van der Waals surface area contributed by atoms with Gasteiger partial charge in [0.2, 0.25) is 5.69 Å². The molecule has 0 aliphatic rings. The van der Waals surface area contributed by atoms with Gasteiger partial charge in [-0.25, -0.2) is 0 Å². The minimum Gasteiger partial charge on any atom is -0.494 e. The van der Waals surface area contributed by atoms with Gasteiger partial charge in [-0.1, -0.05) is 18.2 Å². The molecule has 0 amide bonds. The lowest BCUT2D eigenvalue weighted by Crippen LogP contribution is -2.44. The predicted octanol–water partition coefficient (Wildman–Crippen LogP) is 1.54. The van der Waals surface area contributed by atoms with Gasteiger partial charge < -0.3 is 9.47 Å². The van der Waals surface area contributed by atoms with E-state index in [9.17, 15) is 46.2 Å². The standard InChI is InChI=1S/C21H16N6O12S2/c1-38-17-8-15(26(28)29)19(40(32,33)34)10-13(17)24-22-21(12-6-4-3-5-7-12)23-25(24)14-11-20(41(35,36)37)16(27(30)31)9-18(14)39-2/h3-11H,1-2H3,(H-,32,33,34,35,36,37)/p+1. The molecule has 18 nitrogen and oxygen atoms in total. The summed E-state index contributed by atoms with van der Waals surface area (Å²) in [5, 5.41) is 31.7. The third kappa shape index (κ3) is 5.51. The van der Waals surface area contributed by atoms with Crippen molar-refractivity contribution in [1.82, 2.24) is 15.0 Å². The summed E-state index contributed by atoms with van der Waals surface area (Å²) in [5.41, 5.74) is -2.43. The monoisotopic (exact) mass is 609 g/mol. The summed E-state index contributed by atoms with van der Waals surface area (Å²) in [6, 6.07) is 10.8. The van der Waals surface area contributed by atoms with E-state index in [1.165, 1.54) is 0 Å². The second kappa shape index (κ2) is 10.5. The van der Waals surface area contributed by atoms with E-state index in [2.05, 4.69) is 10.2 Å².